The summed E-state index contributed by atoms with van der Waals surface area (Å²) < 4.78 is 56.7. The van der Waals surface area contributed by atoms with Crippen molar-refractivity contribution in [1.29, 1.82) is 0 Å². The lowest BCUT2D eigenvalue weighted by atomic mass is 10.0. The smallest absolute Gasteiger partial charge is 0.264 e. The largest absolute Gasteiger partial charge is 0.366 e. The molecule has 0 radical (unpaired) electrons. The average molecular weight is 563 g/mol. The number of pyridine rings is 1. The van der Waals surface area contributed by atoms with Crippen LogP contribution in [-0.2, 0) is 10.0 Å². The van der Waals surface area contributed by atoms with Crippen LogP contribution in [0.25, 0.3) is 16.6 Å². The number of sulfonamides is 1. The van der Waals surface area contributed by atoms with Crippen LogP contribution >= 0.6 is 0 Å². The Morgan fingerprint density at radius 3 is 2.50 bits per heavy atom. The molecule has 0 amide bonds. The minimum Gasteiger partial charge on any atom is -0.366 e. The number of nitrogens with one attached hydrogen (secondary N) is 1. The Morgan fingerprint density at radius 1 is 1.07 bits per heavy atom. The van der Waals surface area contributed by atoms with Gasteiger partial charge in [0.15, 0.2) is 11.6 Å². The van der Waals surface area contributed by atoms with Crippen molar-refractivity contribution in [2.75, 3.05) is 24.4 Å². The van der Waals surface area contributed by atoms with Gasteiger partial charge >= 0.3 is 0 Å². The number of aromatic nitrogens is 1. The van der Waals surface area contributed by atoms with Gasteiger partial charge in [-0.3, -0.25) is 14.6 Å². The topological polar surface area (TPSA) is 65.5 Å². The van der Waals surface area contributed by atoms with Crippen LogP contribution in [0.5, 0.6) is 0 Å². The Bertz CT molecular complexity index is 1650. The van der Waals surface area contributed by atoms with Crippen molar-refractivity contribution in [2.45, 2.75) is 37.8 Å². The third kappa shape index (κ3) is 5.44. The number of hydrogen-bond donors (Lipinski definition) is 1. The maximum absolute atomic E-state index is 14.0. The van der Waals surface area contributed by atoms with Gasteiger partial charge < -0.3 is 4.90 Å². The molecule has 1 N–H and O–H groups in total. The van der Waals surface area contributed by atoms with Gasteiger partial charge in [0, 0.05) is 54.7 Å². The zero-order chi connectivity index (χ0) is 28.6. The minimum absolute atomic E-state index is 0.0593. The van der Waals surface area contributed by atoms with Gasteiger partial charge in [0.25, 0.3) is 10.0 Å². The second-order valence-corrected chi connectivity index (χ2v) is 12.0. The Hall–Kier alpha value is -3.82. The van der Waals surface area contributed by atoms with E-state index >= 15 is 0 Å². The SMILES string of the molecule is C=C(c1ccc(NS(=O)(=O)c2cccc3cccnc23)cc1)N1CCN(C(C)c2cc(C)c(F)c(F)c2)CC1C. The van der Waals surface area contributed by atoms with E-state index in [1.165, 1.54) is 6.07 Å². The number of piperazine rings is 1. The van der Waals surface area contributed by atoms with Crippen LogP contribution in [0, 0.1) is 18.6 Å². The molecular weight excluding hydrogens is 530 g/mol. The van der Waals surface area contributed by atoms with E-state index in [1.807, 2.05) is 31.2 Å². The van der Waals surface area contributed by atoms with Gasteiger partial charge in [-0.05, 0) is 67.8 Å². The summed E-state index contributed by atoms with van der Waals surface area (Å²) >= 11 is 0. The lowest BCUT2D eigenvalue weighted by Crippen LogP contribution is -2.51. The van der Waals surface area contributed by atoms with Gasteiger partial charge in [-0.1, -0.05) is 43.0 Å². The van der Waals surface area contributed by atoms with Crippen molar-refractivity contribution in [1.82, 2.24) is 14.8 Å². The molecule has 208 valence electrons. The Morgan fingerprint density at radius 2 is 1.80 bits per heavy atom. The van der Waals surface area contributed by atoms with E-state index in [9.17, 15) is 17.2 Å². The fourth-order valence-corrected chi connectivity index (χ4v) is 6.58. The van der Waals surface area contributed by atoms with Gasteiger partial charge in [-0.15, -0.1) is 0 Å². The van der Waals surface area contributed by atoms with Crippen molar-refractivity contribution >= 4 is 32.3 Å². The number of anilines is 1. The summed E-state index contributed by atoms with van der Waals surface area (Å²) in [6, 6.07) is 18.9. The van der Waals surface area contributed by atoms with Crippen molar-refractivity contribution in [3.63, 3.8) is 0 Å². The fraction of sp³-hybridized carbons (Fsp3) is 0.258. The van der Waals surface area contributed by atoms with Gasteiger partial charge in [0.1, 0.15) is 4.90 Å². The zero-order valence-electron chi connectivity index (χ0n) is 22.7. The van der Waals surface area contributed by atoms with E-state index in [-0.39, 0.29) is 17.0 Å². The van der Waals surface area contributed by atoms with E-state index in [2.05, 4.69) is 33.0 Å². The number of benzene rings is 3. The summed E-state index contributed by atoms with van der Waals surface area (Å²) in [5, 5.41) is 0.751. The Kier molecular flexibility index (Phi) is 7.61. The maximum atomic E-state index is 14.0. The van der Waals surface area contributed by atoms with Crippen molar-refractivity contribution in [2.24, 2.45) is 0 Å². The quantitative estimate of drug-likeness (QED) is 0.284. The number of halogens is 2. The van der Waals surface area contributed by atoms with E-state index in [0.717, 1.165) is 41.8 Å². The summed E-state index contributed by atoms with van der Waals surface area (Å²) in [6.45, 7) is 12.2. The third-order valence-corrected chi connectivity index (χ3v) is 9.04. The van der Waals surface area contributed by atoms with E-state index in [4.69, 9.17) is 0 Å². The summed E-state index contributed by atoms with van der Waals surface area (Å²) in [4.78, 5) is 8.87. The summed E-state index contributed by atoms with van der Waals surface area (Å²) in [7, 11) is -3.84. The van der Waals surface area contributed by atoms with Crippen LogP contribution in [-0.4, -0.2) is 48.9 Å². The first-order chi connectivity index (χ1) is 19.0. The average Bonchev–Trinajstić information content (AvgIpc) is 2.94. The summed E-state index contributed by atoms with van der Waals surface area (Å²) in [5.74, 6) is -1.61. The molecule has 3 aromatic carbocycles. The zero-order valence-corrected chi connectivity index (χ0v) is 23.6. The van der Waals surface area contributed by atoms with Crippen molar-refractivity contribution in [3.05, 3.63) is 108 Å². The Balaban J connectivity index is 1.25. The Labute approximate surface area is 234 Å². The van der Waals surface area contributed by atoms with Crippen LogP contribution < -0.4 is 4.72 Å². The molecule has 1 aromatic heterocycles. The highest BCUT2D eigenvalue weighted by Gasteiger charge is 2.29. The molecule has 0 bridgehead atoms. The van der Waals surface area contributed by atoms with Crippen LogP contribution in [0.3, 0.4) is 0 Å². The number of rotatable bonds is 7. The molecule has 2 atom stereocenters. The second kappa shape index (κ2) is 11.0. The third-order valence-electron chi connectivity index (χ3n) is 7.62. The molecule has 40 heavy (non-hydrogen) atoms. The van der Waals surface area contributed by atoms with E-state index in [0.29, 0.717) is 16.8 Å². The lowest BCUT2D eigenvalue weighted by molar-refractivity contribution is 0.0966. The molecule has 1 aliphatic rings. The first kappa shape index (κ1) is 27.7. The monoisotopic (exact) mass is 562 g/mol. The second-order valence-electron chi connectivity index (χ2n) is 10.3. The number of fused-ring (bicyclic) bond motifs is 1. The molecule has 1 fully saturated rings. The van der Waals surface area contributed by atoms with Gasteiger partial charge in [-0.25, -0.2) is 17.2 Å². The molecule has 9 heteroatoms. The molecule has 0 spiro atoms. The minimum atomic E-state index is -3.84. The molecular formula is C31H32F2N4O2S. The highest BCUT2D eigenvalue weighted by Crippen LogP contribution is 2.30. The first-order valence-corrected chi connectivity index (χ1v) is 14.7. The van der Waals surface area contributed by atoms with Crippen LogP contribution in [0.1, 0.15) is 36.6 Å². The standard InChI is InChI=1S/C31H32F2N4O2S/c1-20-17-26(18-28(32)30(20)33)22(3)36-15-16-37(21(2)19-36)23(4)24-10-12-27(13-11-24)35-40(38,39)29-9-5-7-25-8-6-14-34-31(25)29/h5-14,17-18,21-22,35H,4,15-16,19H2,1-3H3. The predicted molar refractivity (Wildman–Crippen MR) is 155 cm³/mol. The molecule has 0 aliphatic carbocycles. The maximum Gasteiger partial charge on any atom is 0.264 e. The van der Waals surface area contributed by atoms with Crippen LogP contribution in [0.2, 0.25) is 0 Å². The molecule has 6 nitrogen and oxygen atoms in total. The van der Waals surface area contributed by atoms with Crippen LogP contribution in [0.15, 0.2) is 84.4 Å². The highest BCUT2D eigenvalue weighted by molar-refractivity contribution is 7.93. The molecule has 5 rings (SSSR count). The summed E-state index contributed by atoms with van der Waals surface area (Å²) in [6.07, 6.45) is 1.58. The lowest BCUT2D eigenvalue weighted by Gasteiger charge is -2.44. The molecule has 2 heterocycles. The predicted octanol–water partition coefficient (Wildman–Crippen LogP) is 6.36. The van der Waals surface area contributed by atoms with Gasteiger partial charge in [0.2, 0.25) is 0 Å². The first-order valence-electron chi connectivity index (χ1n) is 13.2. The van der Waals surface area contributed by atoms with Crippen LogP contribution in [0.4, 0.5) is 14.5 Å². The normalized spacial score (nSPS) is 17.1. The summed E-state index contributed by atoms with van der Waals surface area (Å²) in [5.41, 5.74) is 3.66. The number of hydrogen-bond acceptors (Lipinski definition) is 5. The van der Waals surface area contributed by atoms with Crippen molar-refractivity contribution < 1.29 is 17.2 Å². The molecule has 4 aromatic rings. The molecule has 1 saturated heterocycles. The highest BCUT2D eigenvalue weighted by atomic mass is 32.2. The fourth-order valence-electron chi connectivity index (χ4n) is 5.34. The number of para-hydroxylation sites is 1. The van der Waals surface area contributed by atoms with E-state index < -0.39 is 21.7 Å². The number of aryl methyl sites for hydroxylation is 1. The van der Waals surface area contributed by atoms with Gasteiger partial charge in [-0.2, -0.15) is 0 Å². The van der Waals surface area contributed by atoms with Crippen molar-refractivity contribution in [3.8, 4) is 0 Å². The van der Waals surface area contributed by atoms with E-state index in [1.54, 1.807) is 49.5 Å². The molecule has 2 unspecified atom stereocenters. The molecule has 0 saturated carbocycles. The van der Waals surface area contributed by atoms with Gasteiger partial charge in [0.05, 0.1) is 5.52 Å². The number of nitrogens with zero attached hydrogens (tertiary/aromatic N) is 3. The molecule has 1 aliphatic heterocycles.